The number of para-hydroxylation sites is 1. The molecule has 2 heterocycles. The van der Waals surface area contributed by atoms with E-state index in [0.29, 0.717) is 6.54 Å². The Bertz CT molecular complexity index is 448. The van der Waals surface area contributed by atoms with Gasteiger partial charge in [0.25, 0.3) is 0 Å². The van der Waals surface area contributed by atoms with Gasteiger partial charge in [-0.15, -0.1) is 11.8 Å². The second-order valence-electron chi connectivity index (χ2n) is 5.25. The number of nitrogens with one attached hydrogen (secondary N) is 1. The average Bonchev–Trinajstić information content (AvgIpc) is 3.02. The Hall–Kier alpha value is -1.20. The van der Waals surface area contributed by atoms with Crippen LogP contribution in [0.2, 0.25) is 0 Å². The number of piperidine rings is 1. The van der Waals surface area contributed by atoms with Gasteiger partial charge in [-0.2, -0.15) is 0 Å². The number of carbonyl (C=O) groups is 1. The Labute approximate surface area is 123 Å². The average molecular weight is 292 g/mol. The number of thioether (sulfide) groups is 1. The molecular formula is C15H20N2O2S. The quantitative estimate of drug-likeness (QED) is 0.921. The molecule has 4 nitrogen and oxygen atoms in total. The third-order valence-corrected chi connectivity index (χ3v) is 4.69. The van der Waals surface area contributed by atoms with Gasteiger partial charge >= 0.3 is 0 Å². The molecule has 2 unspecified atom stereocenters. The van der Waals surface area contributed by atoms with Gasteiger partial charge in [-0.05, 0) is 25.0 Å². The minimum Gasteiger partial charge on any atom is -0.489 e. The molecule has 3 rings (SSSR count). The summed E-state index contributed by atoms with van der Waals surface area (Å²) in [4.78, 5) is 14.4. The minimum absolute atomic E-state index is 0.00419. The fourth-order valence-electron chi connectivity index (χ4n) is 2.70. The van der Waals surface area contributed by atoms with E-state index in [9.17, 15) is 4.79 Å². The summed E-state index contributed by atoms with van der Waals surface area (Å²) in [5.74, 6) is 2.89. The molecule has 108 valence electrons. The van der Waals surface area contributed by atoms with E-state index in [1.807, 2.05) is 35.2 Å². The first-order chi connectivity index (χ1) is 9.83. The third kappa shape index (κ3) is 3.27. The van der Waals surface area contributed by atoms with Crippen molar-refractivity contribution >= 4 is 17.7 Å². The largest absolute Gasteiger partial charge is 0.489 e. The van der Waals surface area contributed by atoms with Crippen LogP contribution in [-0.2, 0) is 4.79 Å². The summed E-state index contributed by atoms with van der Waals surface area (Å²) in [6.07, 6.45) is 2.15. The van der Waals surface area contributed by atoms with E-state index in [-0.39, 0.29) is 18.1 Å². The first-order valence-electron chi connectivity index (χ1n) is 7.14. The van der Waals surface area contributed by atoms with E-state index in [0.717, 1.165) is 36.8 Å². The van der Waals surface area contributed by atoms with Gasteiger partial charge in [-0.25, -0.2) is 0 Å². The van der Waals surface area contributed by atoms with Crippen LogP contribution in [0.25, 0.3) is 0 Å². The van der Waals surface area contributed by atoms with Crippen molar-refractivity contribution in [2.24, 2.45) is 0 Å². The number of likely N-dealkylation sites (tertiary alicyclic amines) is 1. The van der Waals surface area contributed by atoms with Crippen molar-refractivity contribution in [2.75, 3.05) is 24.7 Å². The maximum absolute atomic E-state index is 12.4. The number of hydrogen-bond acceptors (Lipinski definition) is 4. The van der Waals surface area contributed by atoms with E-state index >= 15 is 0 Å². The number of amides is 1. The highest BCUT2D eigenvalue weighted by atomic mass is 32.2. The first kappa shape index (κ1) is 13.8. The van der Waals surface area contributed by atoms with Crippen molar-refractivity contribution < 1.29 is 9.53 Å². The maximum Gasteiger partial charge on any atom is 0.240 e. The smallest absolute Gasteiger partial charge is 0.240 e. The Kier molecular flexibility index (Phi) is 4.47. The molecule has 0 bridgehead atoms. The lowest BCUT2D eigenvalue weighted by molar-refractivity contribution is -0.135. The van der Waals surface area contributed by atoms with Crippen LogP contribution in [0, 0.1) is 0 Å². The van der Waals surface area contributed by atoms with Gasteiger partial charge < -0.3 is 9.64 Å². The van der Waals surface area contributed by atoms with Crippen molar-refractivity contribution in [2.45, 2.75) is 25.0 Å². The van der Waals surface area contributed by atoms with E-state index in [1.54, 1.807) is 11.8 Å². The number of carbonyl (C=O) groups excluding carboxylic acids is 1. The second-order valence-corrected chi connectivity index (χ2v) is 6.28. The summed E-state index contributed by atoms with van der Waals surface area (Å²) in [6, 6.07) is 9.86. The van der Waals surface area contributed by atoms with Gasteiger partial charge in [0.1, 0.15) is 11.9 Å². The lowest BCUT2D eigenvalue weighted by Crippen LogP contribution is -2.51. The SMILES string of the molecule is O=C(C1CSCN1)N1CCCC(Oc2ccccc2)C1. The summed E-state index contributed by atoms with van der Waals surface area (Å²) in [5, 5.41) is 3.25. The molecule has 0 aromatic heterocycles. The fourth-order valence-corrected chi connectivity index (χ4v) is 3.63. The zero-order chi connectivity index (χ0) is 13.8. The highest BCUT2D eigenvalue weighted by molar-refractivity contribution is 7.99. The Morgan fingerprint density at radius 2 is 2.20 bits per heavy atom. The first-order valence-corrected chi connectivity index (χ1v) is 8.30. The Balaban J connectivity index is 1.57. The predicted molar refractivity (Wildman–Crippen MR) is 80.9 cm³/mol. The van der Waals surface area contributed by atoms with Crippen molar-refractivity contribution in [1.29, 1.82) is 0 Å². The van der Waals surface area contributed by atoms with Gasteiger partial charge in [-0.3, -0.25) is 10.1 Å². The van der Waals surface area contributed by atoms with Crippen molar-refractivity contribution in [3.05, 3.63) is 30.3 Å². The number of nitrogens with zero attached hydrogens (tertiary/aromatic N) is 1. The topological polar surface area (TPSA) is 41.6 Å². The van der Waals surface area contributed by atoms with Crippen molar-refractivity contribution in [3.63, 3.8) is 0 Å². The number of hydrogen-bond donors (Lipinski definition) is 1. The highest BCUT2D eigenvalue weighted by Crippen LogP contribution is 2.20. The van der Waals surface area contributed by atoms with E-state index in [4.69, 9.17) is 4.74 Å². The lowest BCUT2D eigenvalue weighted by atomic mass is 10.1. The van der Waals surface area contributed by atoms with Crippen LogP contribution in [0.15, 0.2) is 30.3 Å². The van der Waals surface area contributed by atoms with Gasteiger partial charge in [0.15, 0.2) is 0 Å². The van der Waals surface area contributed by atoms with Crippen LogP contribution in [0.1, 0.15) is 12.8 Å². The lowest BCUT2D eigenvalue weighted by Gasteiger charge is -2.34. The van der Waals surface area contributed by atoms with Crippen LogP contribution < -0.4 is 10.1 Å². The number of rotatable bonds is 3. The van der Waals surface area contributed by atoms with Gasteiger partial charge in [-0.1, -0.05) is 18.2 Å². The van der Waals surface area contributed by atoms with E-state index in [2.05, 4.69) is 5.32 Å². The molecule has 0 aliphatic carbocycles. The summed E-state index contributed by atoms with van der Waals surface area (Å²) in [7, 11) is 0. The highest BCUT2D eigenvalue weighted by Gasteiger charge is 2.31. The van der Waals surface area contributed by atoms with E-state index < -0.39 is 0 Å². The number of ether oxygens (including phenoxy) is 1. The second kappa shape index (κ2) is 6.50. The summed E-state index contributed by atoms with van der Waals surface area (Å²) >= 11 is 1.79. The predicted octanol–water partition coefficient (Wildman–Crippen LogP) is 1.72. The van der Waals surface area contributed by atoms with Crippen LogP contribution >= 0.6 is 11.8 Å². The molecule has 20 heavy (non-hydrogen) atoms. The third-order valence-electron chi connectivity index (χ3n) is 3.75. The monoisotopic (exact) mass is 292 g/mol. The Morgan fingerprint density at radius 3 is 2.95 bits per heavy atom. The maximum atomic E-state index is 12.4. The summed E-state index contributed by atoms with van der Waals surface area (Å²) < 4.78 is 5.98. The molecule has 1 aromatic carbocycles. The van der Waals surface area contributed by atoms with Crippen LogP contribution in [0.5, 0.6) is 5.75 Å². The summed E-state index contributed by atoms with van der Waals surface area (Å²) in [6.45, 7) is 1.56. The van der Waals surface area contributed by atoms with Crippen LogP contribution in [-0.4, -0.2) is 47.7 Å². The molecule has 0 saturated carbocycles. The van der Waals surface area contributed by atoms with Crippen molar-refractivity contribution in [1.82, 2.24) is 10.2 Å². The molecule has 5 heteroatoms. The van der Waals surface area contributed by atoms with Gasteiger partial charge in [0.05, 0.1) is 12.6 Å². The standard InChI is InChI=1S/C15H20N2O2S/c18-15(14-10-20-11-16-14)17-8-4-7-13(9-17)19-12-5-2-1-3-6-12/h1-3,5-6,13-14,16H,4,7-11H2. The molecule has 2 aliphatic heterocycles. The summed E-state index contributed by atoms with van der Waals surface area (Å²) in [5.41, 5.74) is 0. The molecule has 1 aromatic rings. The van der Waals surface area contributed by atoms with Crippen LogP contribution in [0.4, 0.5) is 0 Å². The molecule has 2 fully saturated rings. The molecule has 2 atom stereocenters. The normalized spacial score (nSPS) is 26.5. The number of benzene rings is 1. The molecule has 0 spiro atoms. The van der Waals surface area contributed by atoms with Crippen molar-refractivity contribution in [3.8, 4) is 5.75 Å². The fraction of sp³-hybridized carbons (Fsp3) is 0.533. The molecular weight excluding hydrogens is 272 g/mol. The minimum atomic E-state index is -0.00419. The Morgan fingerprint density at radius 1 is 1.35 bits per heavy atom. The molecule has 2 aliphatic rings. The molecule has 1 amide bonds. The zero-order valence-corrected chi connectivity index (χ0v) is 12.3. The molecule has 2 saturated heterocycles. The van der Waals surface area contributed by atoms with Gasteiger partial charge in [0.2, 0.25) is 5.91 Å². The zero-order valence-electron chi connectivity index (χ0n) is 11.5. The molecule has 1 N–H and O–H groups in total. The molecule has 0 radical (unpaired) electrons. The van der Waals surface area contributed by atoms with Gasteiger partial charge in [0, 0.05) is 18.2 Å². The van der Waals surface area contributed by atoms with Crippen LogP contribution in [0.3, 0.4) is 0 Å². The van der Waals surface area contributed by atoms with E-state index in [1.165, 1.54) is 0 Å².